The summed E-state index contributed by atoms with van der Waals surface area (Å²) >= 11 is 0. The third-order valence-electron chi connectivity index (χ3n) is 1.81. The number of aromatic nitrogens is 2. The number of carbonyl (C=O) groups excluding carboxylic acids is 1. The number of esters is 1. The van der Waals surface area contributed by atoms with Crippen molar-refractivity contribution in [2.24, 2.45) is 7.05 Å². The molecule has 1 heterocycles. The van der Waals surface area contributed by atoms with Crippen LogP contribution >= 0.6 is 0 Å². The molecule has 0 saturated heterocycles. The molecular formula is C9H15N3O2. The summed E-state index contributed by atoms with van der Waals surface area (Å²) in [7, 11) is 3.26. The van der Waals surface area contributed by atoms with Gasteiger partial charge in [-0.05, 0) is 6.07 Å². The van der Waals surface area contributed by atoms with Crippen molar-refractivity contribution >= 4 is 5.97 Å². The molecule has 1 rings (SSSR count). The maximum absolute atomic E-state index is 10.7. The van der Waals surface area contributed by atoms with Gasteiger partial charge < -0.3 is 10.1 Å². The van der Waals surface area contributed by atoms with E-state index in [1.807, 2.05) is 19.3 Å². The maximum atomic E-state index is 10.7. The van der Waals surface area contributed by atoms with Gasteiger partial charge in [0.05, 0.1) is 19.2 Å². The summed E-state index contributed by atoms with van der Waals surface area (Å²) in [5.41, 5.74) is 0.970. The highest BCUT2D eigenvalue weighted by Gasteiger charge is 1.99. The Morgan fingerprint density at radius 2 is 2.50 bits per heavy atom. The van der Waals surface area contributed by atoms with E-state index in [1.165, 1.54) is 7.11 Å². The lowest BCUT2D eigenvalue weighted by Gasteiger charge is -2.00. The van der Waals surface area contributed by atoms with Crippen molar-refractivity contribution in [2.75, 3.05) is 13.7 Å². The molecule has 0 amide bonds. The summed E-state index contributed by atoms with van der Waals surface area (Å²) in [6, 6.07) is 1.94. The number of aryl methyl sites for hydroxylation is 1. The van der Waals surface area contributed by atoms with Gasteiger partial charge in [-0.3, -0.25) is 9.48 Å². The van der Waals surface area contributed by atoms with E-state index in [2.05, 4.69) is 15.2 Å². The quantitative estimate of drug-likeness (QED) is 0.536. The third-order valence-corrected chi connectivity index (χ3v) is 1.81. The molecule has 0 aliphatic heterocycles. The smallest absolute Gasteiger partial charge is 0.306 e. The predicted octanol–water partition coefficient (Wildman–Crippen LogP) is 0.0728. The molecule has 0 spiro atoms. The van der Waals surface area contributed by atoms with Gasteiger partial charge in [0, 0.05) is 26.3 Å². The van der Waals surface area contributed by atoms with Crippen LogP contribution in [0.25, 0.3) is 0 Å². The van der Waals surface area contributed by atoms with Gasteiger partial charge in [-0.15, -0.1) is 0 Å². The number of hydrogen-bond acceptors (Lipinski definition) is 4. The zero-order chi connectivity index (χ0) is 10.4. The van der Waals surface area contributed by atoms with Crippen molar-refractivity contribution in [3.8, 4) is 0 Å². The molecule has 0 aliphatic rings. The Labute approximate surface area is 83.1 Å². The number of ether oxygens (including phenoxy) is 1. The van der Waals surface area contributed by atoms with Crippen molar-refractivity contribution in [3.05, 3.63) is 18.0 Å². The van der Waals surface area contributed by atoms with Crippen molar-refractivity contribution in [1.29, 1.82) is 0 Å². The van der Waals surface area contributed by atoms with Crippen molar-refractivity contribution in [2.45, 2.75) is 13.0 Å². The molecule has 0 unspecified atom stereocenters. The predicted molar refractivity (Wildman–Crippen MR) is 51.5 cm³/mol. The van der Waals surface area contributed by atoms with E-state index in [0.29, 0.717) is 19.5 Å². The van der Waals surface area contributed by atoms with Crippen LogP contribution in [0, 0.1) is 0 Å². The number of hydrogen-bond donors (Lipinski definition) is 1. The average molecular weight is 197 g/mol. The molecule has 1 N–H and O–H groups in total. The molecule has 14 heavy (non-hydrogen) atoms. The maximum Gasteiger partial charge on any atom is 0.306 e. The van der Waals surface area contributed by atoms with Gasteiger partial charge in [0.2, 0.25) is 0 Å². The van der Waals surface area contributed by atoms with E-state index in [1.54, 1.807) is 4.68 Å². The molecule has 0 radical (unpaired) electrons. The van der Waals surface area contributed by atoms with E-state index in [0.717, 1.165) is 5.69 Å². The third kappa shape index (κ3) is 3.57. The van der Waals surface area contributed by atoms with Crippen LogP contribution < -0.4 is 5.32 Å². The number of nitrogens with one attached hydrogen (secondary N) is 1. The van der Waals surface area contributed by atoms with E-state index < -0.39 is 0 Å². The van der Waals surface area contributed by atoms with Crippen LogP contribution in [-0.2, 0) is 23.1 Å². The van der Waals surface area contributed by atoms with Crippen LogP contribution in [0.1, 0.15) is 12.1 Å². The molecule has 0 saturated carbocycles. The van der Waals surface area contributed by atoms with Crippen LogP contribution in [0.15, 0.2) is 12.3 Å². The van der Waals surface area contributed by atoms with Crippen LogP contribution in [0.4, 0.5) is 0 Å². The highest BCUT2D eigenvalue weighted by Crippen LogP contribution is 1.92. The zero-order valence-corrected chi connectivity index (χ0v) is 8.49. The molecule has 5 nitrogen and oxygen atoms in total. The minimum Gasteiger partial charge on any atom is -0.469 e. The fourth-order valence-electron chi connectivity index (χ4n) is 1.07. The molecule has 0 aromatic carbocycles. The normalized spacial score (nSPS) is 10.1. The van der Waals surface area contributed by atoms with E-state index in [-0.39, 0.29) is 5.97 Å². The van der Waals surface area contributed by atoms with Gasteiger partial charge in [0.25, 0.3) is 0 Å². The minimum absolute atomic E-state index is 0.196. The van der Waals surface area contributed by atoms with E-state index >= 15 is 0 Å². The fourth-order valence-corrected chi connectivity index (χ4v) is 1.07. The van der Waals surface area contributed by atoms with Gasteiger partial charge in [-0.2, -0.15) is 5.10 Å². The lowest BCUT2D eigenvalue weighted by molar-refractivity contribution is -0.140. The first kappa shape index (κ1) is 10.7. The monoisotopic (exact) mass is 197 g/mol. The molecule has 0 fully saturated rings. The number of rotatable bonds is 5. The molecular weight excluding hydrogens is 182 g/mol. The zero-order valence-electron chi connectivity index (χ0n) is 8.49. The SMILES string of the molecule is COC(=O)CCNCc1ccn(C)n1. The second-order valence-corrected chi connectivity index (χ2v) is 2.98. The molecule has 5 heteroatoms. The standard InChI is InChI=1S/C9H15N3O2/c1-12-6-4-8(11-12)7-10-5-3-9(13)14-2/h4,6,10H,3,5,7H2,1-2H3. The Morgan fingerprint density at radius 3 is 3.07 bits per heavy atom. The van der Waals surface area contributed by atoms with Gasteiger partial charge in [0.15, 0.2) is 0 Å². The second-order valence-electron chi connectivity index (χ2n) is 2.98. The summed E-state index contributed by atoms with van der Waals surface area (Å²) in [5, 5.41) is 7.29. The number of carbonyl (C=O) groups is 1. The molecule has 1 aromatic rings. The van der Waals surface area contributed by atoms with Crippen molar-refractivity contribution in [3.63, 3.8) is 0 Å². The average Bonchev–Trinajstić information content (AvgIpc) is 2.58. The van der Waals surface area contributed by atoms with Gasteiger partial charge in [0.1, 0.15) is 0 Å². The first-order valence-electron chi connectivity index (χ1n) is 4.48. The largest absolute Gasteiger partial charge is 0.469 e. The van der Waals surface area contributed by atoms with Crippen LogP contribution in [0.5, 0.6) is 0 Å². The first-order chi connectivity index (χ1) is 6.72. The Morgan fingerprint density at radius 1 is 1.71 bits per heavy atom. The number of nitrogens with zero attached hydrogens (tertiary/aromatic N) is 2. The van der Waals surface area contributed by atoms with Crippen molar-refractivity contribution in [1.82, 2.24) is 15.1 Å². The molecule has 0 bridgehead atoms. The van der Waals surface area contributed by atoms with Gasteiger partial charge in [-0.1, -0.05) is 0 Å². The fraction of sp³-hybridized carbons (Fsp3) is 0.556. The van der Waals surface area contributed by atoms with Crippen LogP contribution in [0.2, 0.25) is 0 Å². The Balaban J connectivity index is 2.13. The van der Waals surface area contributed by atoms with Crippen molar-refractivity contribution < 1.29 is 9.53 Å². The molecule has 1 aromatic heterocycles. The lowest BCUT2D eigenvalue weighted by atomic mass is 10.4. The van der Waals surface area contributed by atoms with Crippen LogP contribution in [0.3, 0.4) is 0 Å². The molecule has 78 valence electrons. The topological polar surface area (TPSA) is 56.1 Å². The summed E-state index contributed by atoms with van der Waals surface area (Å²) in [6.45, 7) is 1.29. The lowest BCUT2D eigenvalue weighted by Crippen LogP contribution is -2.18. The summed E-state index contributed by atoms with van der Waals surface area (Å²) in [6.07, 6.45) is 2.28. The Bertz CT molecular complexity index is 296. The number of methoxy groups -OCH3 is 1. The van der Waals surface area contributed by atoms with Gasteiger partial charge in [-0.25, -0.2) is 0 Å². The summed E-state index contributed by atoms with van der Waals surface area (Å²) in [4.78, 5) is 10.7. The van der Waals surface area contributed by atoms with E-state index in [9.17, 15) is 4.79 Å². The van der Waals surface area contributed by atoms with Gasteiger partial charge >= 0.3 is 5.97 Å². The summed E-state index contributed by atoms with van der Waals surface area (Å²) < 4.78 is 6.26. The molecule has 0 aliphatic carbocycles. The van der Waals surface area contributed by atoms with Crippen LogP contribution in [-0.4, -0.2) is 29.4 Å². The minimum atomic E-state index is -0.196. The highest BCUT2D eigenvalue weighted by molar-refractivity contribution is 5.69. The first-order valence-corrected chi connectivity index (χ1v) is 4.48. The summed E-state index contributed by atoms with van der Waals surface area (Å²) in [5.74, 6) is -0.196. The Kier molecular flexibility index (Phi) is 4.12. The highest BCUT2D eigenvalue weighted by atomic mass is 16.5. The Hall–Kier alpha value is -1.36. The van der Waals surface area contributed by atoms with E-state index in [4.69, 9.17) is 0 Å². The molecule has 0 atom stereocenters. The second kappa shape index (κ2) is 5.39.